The molecule has 2 aromatic rings. The van der Waals surface area contributed by atoms with E-state index in [1.54, 1.807) is 23.3 Å². The second kappa shape index (κ2) is 6.89. The first kappa shape index (κ1) is 16.9. The van der Waals surface area contributed by atoms with Gasteiger partial charge in [-0.15, -0.1) is 11.3 Å². The number of thiazole rings is 1. The Hall–Kier alpha value is -1.95. The number of piperidine rings is 1. The van der Waals surface area contributed by atoms with Gasteiger partial charge >= 0.3 is 5.97 Å². The predicted octanol–water partition coefficient (Wildman–Crippen LogP) is 3.20. The number of hydrogen-bond donors (Lipinski definition) is 0. The van der Waals surface area contributed by atoms with E-state index >= 15 is 0 Å². The molecule has 0 unspecified atom stereocenters. The smallest absolute Gasteiger partial charge is 0.309 e. The number of carbonyl (C=O) groups is 2. The first-order valence-corrected chi connectivity index (χ1v) is 9.07. The molecule has 0 saturated carbocycles. The van der Waals surface area contributed by atoms with Crippen molar-refractivity contribution in [2.45, 2.75) is 38.7 Å². The zero-order valence-electron chi connectivity index (χ0n) is 14.2. The number of aromatic nitrogens is 1. The molecule has 1 aliphatic rings. The van der Waals surface area contributed by atoms with E-state index in [4.69, 9.17) is 4.74 Å². The molecule has 0 aliphatic carbocycles. The van der Waals surface area contributed by atoms with Crippen LogP contribution < -0.4 is 0 Å². The number of esters is 1. The van der Waals surface area contributed by atoms with Crippen molar-refractivity contribution in [1.82, 2.24) is 9.88 Å². The van der Waals surface area contributed by atoms with E-state index in [2.05, 4.69) is 4.98 Å². The average Bonchev–Trinajstić information content (AvgIpc) is 3.00. The van der Waals surface area contributed by atoms with Crippen LogP contribution in [0.3, 0.4) is 0 Å². The Balaban J connectivity index is 1.64. The molecule has 3 atom stereocenters. The maximum absolute atomic E-state index is 12.4. The first-order chi connectivity index (χ1) is 11.5. The quantitative estimate of drug-likeness (QED) is 0.798. The summed E-state index contributed by atoms with van der Waals surface area (Å²) in [4.78, 5) is 30.4. The Morgan fingerprint density at radius 2 is 2.12 bits per heavy atom. The highest BCUT2D eigenvalue weighted by atomic mass is 32.1. The fraction of sp³-hybridized carbons (Fsp3) is 0.500. The Kier molecular flexibility index (Phi) is 4.85. The van der Waals surface area contributed by atoms with Crippen molar-refractivity contribution in [3.8, 4) is 0 Å². The third kappa shape index (κ3) is 3.43. The summed E-state index contributed by atoms with van der Waals surface area (Å²) < 4.78 is 6.78. The van der Waals surface area contributed by atoms with Gasteiger partial charge in [0.05, 0.1) is 16.1 Å². The molecule has 2 heterocycles. The van der Waals surface area contributed by atoms with Gasteiger partial charge in [-0.1, -0.05) is 19.1 Å². The van der Waals surface area contributed by atoms with Crippen LogP contribution in [0.1, 0.15) is 37.6 Å². The lowest BCUT2D eigenvalue weighted by Gasteiger charge is -2.29. The standard InChI is InChI=1S/C18H22N2O3S/c1-11(17-19-14-6-4-5-7-15(14)24-17)12(2)23-18(22)13-8-9-20(3)16(21)10-13/h4-7,11-13H,8-10H2,1-3H3/t11-,12-,13+/m0/s1. The summed E-state index contributed by atoms with van der Waals surface area (Å²) in [5.41, 5.74) is 0.976. The molecule has 1 aromatic heterocycles. The number of fused-ring (bicyclic) bond motifs is 1. The molecule has 1 fully saturated rings. The van der Waals surface area contributed by atoms with Crippen molar-refractivity contribution in [2.24, 2.45) is 5.92 Å². The SMILES string of the molecule is C[C@H](OC(=O)[C@@H]1CCN(C)C(=O)C1)[C@H](C)c1nc2ccccc2s1. The van der Waals surface area contributed by atoms with E-state index < -0.39 is 0 Å². The molecule has 6 heteroatoms. The van der Waals surface area contributed by atoms with Gasteiger partial charge in [0, 0.05) is 25.9 Å². The fourth-order valence-electron chi connectivity index (χ4n) is 2.81. The number of amides is 1. The summed E-state index contributed by atoms with van der Waals surface area (Å²) in [7, 11) is 1.77. The summed E-state index contributed by atoms with van der Waals surface area (Å²) in [6, 6.07) is 8.00. The van der Waals surface area contributed by atoms with Gasteiger partial charge in [0.1, 0.15) is 11.1 Å². The Morgan fingerprint density at radius 1 is 1.38 bits per heavy atom. The Morgan fingerprint density at radius 3 is 2.83 bits per heavy atom. The second-order valence-electron chi connectivity index (χ2n) is 6.46. The minimum Gasteiger partial charge on any atom is -0.462 e. The number of hydrogen-bond acceptors (Lipinski definition) is 5. The molecule has 128 valence electrons. The fourth-order valence-corrected chi connectivity index (χ4v) is 3.92. The maximum Gasteiger partial charge on any atom is 0.309 e. The minimum absolute atomic E-state index is 0.00933. The van der Waals surface area contributed by atoms with Crippen LogP contribution in [-0.4, -0.2) is 41.5 Å². The normalized spacial score (nSPS) is 20.9. The van der Waals surface area contributed by atoms with Gasteiger partial charge in [-0.3, -0.25) is 9.59 Å². The number of likely N-dealkylation sites (tertiary alicyclic amines) is 1. The third-order valence-corrected chi connectivity index (χ3v) is 5.94. The number of ether oxygens (including phenoxy) is 1. The van der Waals surface area contributed by atoms with Crippen LogP contribution in [0.2, 0.25) is 0 Å². The number of carbonyl (C=O) groups excluding carboxylic acids is 2. The van der Waals surface area contributed by atoms with Crippen molar-refractivity contribution >= 4 is 33.4 Å². The van der Waals surface area contributed by atoms with Crippen LogP contribution in [-0.2, 0) is 14.3 Å². The van der Waals surface area contributed by atoms with E-state index in [1.165, 1.54) is 0 Å². The van der Waals surface area contributed by atoms with Gasteiger partial charge in [0.2, 0.25) is 5.91 Å². The van der Waals surface area contributed by atoms with Crippen LogP contribution in [0, 0.1) is 5.92 Å². The molecule has 0 N–H and O–H groups in total. The molecule has 0 radical (unpaired) electrons. The zero-order chi connectivity index (χ0) is 17.3. The Bertz CT molecular complexity index is 725. The van der Waals surface area contributed by atoms with Gasteiger partial charge in [-0.2, -0.15) is 0 Å². The molecule has 0 bridgehead atoms. The lowest BCUT2D eigenvalue weighted by molar-refractivity contribution is -0.158. The molecule has 0 spiro atoms. The number of rotatable bonds is 4. The monoisotopic (exact) mass is 346 g/mol. The van der Waals surface area contributed by atoms with Gasteiger partial charge in [0.15, 0.2) is 0 Å². The second-order valence-corrected chi connectivity index (χ2v) is 7.52. The topological polar surface area (TPSA) is 59.5 Å². The van der Waals surface area contributed by atoms with E-state index in [-0.39, 0.29) is 36.2 Å². The molecule has 1 saturated heterocycles. The summed E-state index contributed by atoms with van der Waals surface area (Å²) in [5, 5.41) is 0.968. The van der Waals surface area contributed by atoms with Crippen molar-refractivity contribution in [3.05, 3.63) is 29.3 Å². The third-order valence-electron chi connectivity index (χ3n) is 4.70. The van der Waals surface area contributed by atoms with Crippen LogP contribution in [0.5, 0.6) is 0 Å². The van der Waals surface area contributed by atoms with Crippen molar-refractivity contribution in [2.75, 3.05) is 13.6 Å². The van der Waals surface area contributed by atoms with E-state index in [9.17, 15) is 9.59 Å². The highest BCUT2D eigenvalue weighted by molar-refractivity contribution is 7.18. The summed E-state index contributed by atoms with van der Waals surface area (Å²) in [6.07, 6.45) is 0.647. The lowest BCUT2D eigenvalue weighted by Crippen LogP contribution is -2.39. The van der Waals surface area contributed by atoms with Gasteiger partial charge in [-0.05, 0) is 25.5 Å². The first-order valence-electron chi connectivity index (χ1n) is 8.25. The largest absolute Gasteiger partial charge is 0.462 e. The van der Waals surface area contributed by atoms with Crippen molar-refractivity contribution in [3.63, 3.8) is 0 Å². The van der Waals surface area contributed by atoms with E-state index in [0.29, 0.717) is 13.0 Å². The number of para-hydroxylation sites is 1. The summed E-state index contributed by atoms with van der Waals surface area (Å²) >= 11 is 1.63. The highest BCUT2D eigenvalue weighted by Crippen LogP contribution is 2.31. The molecular formula is C18H22N2O3S. The summed E-state index contributed by atoms with van der Waals surface area (Å²) in [5.74, 6) is -0.556. The van der Waals surface area contributed by atoms with Crippen LogP contribution in [0.4, 0.5) is 0 Å². The molecule has 5 nitrogen and oxygen atoms in total. The Labute approximate surface area is 145 Å². The lowest BCUT2D eigenvalue weighted by atomic mass is 9.96. The van der Waals surface area contributed by atoms with Gasteiger partial charge in [-0.25, -0.2) is 4.98 Å². The summed E-state index contributed by atoms with van der Waals surface area (Å²) in [6.45, 7) is 4.53. The maximum atomic E-state index is 12.4. The van der Waals surface area contributed by atoms with Crippen LogP contribution in [0.25, 0.3) is 10.2 Å². The molecule has 3 rings (SSSR count). The molecular weight excluding hydrogens is 324 g/mol. The molecule has 24 heavy (non-hydrogen) atoms. The van der Waals surface area contributed by atoms with E-state index in [0.717, 1.165) is 15.2 Å². The zero-order valence-corrected chi connectivity index (χ0v) is 15.0. The molecule has 1 aromatic carbocycles. The number of nitrogens with zero attached hydrogens (tertiary/aromatic N) is 2. The van der Waals surface area contributed by atoms with E-state index in [1.807, 2.05) is 38.1 Å². The van der Waals surface area contributed by atoms with Crippen molar-refractivity contribution in [1.29, 1.82) is 0 Å². The highest BCUT2D eigenvalue weighted by Gasteiger charge is 2.32. The van der Waals surface area contributed by atoms with Crippen LogP contribution >= 0.6 is 11.3 Å². The van der Waals surface area contributed by atoms with Crippen LogP contribution in [0.15, 0.2) is 24.3 Å². The van der Waals surface area contributed by atoms with Crippen molar-refractivity contribution < 1.29 is 14.3 Å². The molecule has 1 amide bonds. The number of benzene rings is 1. The van der Waals surface area contributed by atoms with Gasteiger partial charge < -0.3 is 9.64 Å². The molecule has 1 aliphatic heterocycles. The predicted molar refractivity (Wildman–Crippen MR) is 94.0 cm³/mol. The average molecular weight is 346 g/mol. The minimum atomic E-state index is -0.321. The van der Waals surface area contributed by atoms with Gasteiger partial charge in [0.25, 0.3) is 0 Å².